The van der Waals surface area contributed by atoms with Gasteiger partial charge in [-0.25, -0.2) is 0 Å². The fourth-order valence-corrected chi connectivity index (χ4v) is 0.535. The summed E-state index contributed by atoms with van der Waals surface area (Å²) in [6.45, 7) is 9.72. The quantitative estimate of drug-likeness (QED) is 0.414. The second kappa shape index (κ2) is 5.56. The van der Waals surface area contributed by atoms with E-state index >= 15 is 0 Å². The van der Waals surface area contributed by atoms with Crippen LogP contribution in [0.2, 0.25) is 0 Å². The van der Waals surface area contributed by atoms with Crippen molar-refractivity contribution in [2.24, 2.45) is 0 Å². The Labute approximate surface area is 68.9 Å². The van der Waals surface area contributed by atoms with E-state index in [1.165, 1.54) is 0 Å². The van der Waals surface area contributed by atoms with Crippen LogP contribution >= 0.6 is 0 Å². The van der Waals surface area contributed by atoms with Gasteiger partial charge in [0.2, 0.25) is 0 Å². The second-order valence-electron chi connectivity index (χ2n) is 2.49. The van der Waals surface area contributed by atoms with Crippen molar-refractivity contribution in [2.45, 2.75) is 20.8 Å². The van der Waals surface area contributed by atoms with Gasteiger partial charge in [0.25, 0.3) is 0 Å². The first kappa shape index (κ1) is 9.78. The predicted molar refractivity (Wildman–Crippen MR) is 50.4 cm³/mol. The van der Waals surface area contributed by atoms with E-state index in [2.05, 4.69) is 18.0 Å². The molecule has 0 aliphatic carbocycles. The molecule has 0 aliphatic rings. The molecule has 0 aromatic carbocycles. The Balaban J connectivity index is 4.38. The molecule has 0 aromatic heterocycles. The molecule has 0 unspecified atom stereocenters. The molecule has 0 atom stereocenters. The average molecular weight is 146 g/mol. The highest BCUT2D eigenvalue weighted by Gasteiger charge is 1.73. The van der Waals surface area contributed by atoms with E-state index in [0.717, 1.165) is 11.1 Å². The van der Waals surface area contributed by atoms with Crippen molar-refractivity contribution in [2.75, 3.05) is 0 Å². The first-order valence-electron chi connectivity index (χ1n) is 3.63. The van der Waals surface area contributed by atoms with E-state index in [9.17, 15) is 0 Å². The highest BCUT2D eigenvalue weighted by molar-refractivity contribution is 5.26. The van der Waals surface area contributed by atoms with Crippen LogP contribution in [-0.4, -0.2) is 0 Å². The Bertz CT molecular complexity index is 248. The summed E-state index contributed by atoms with van der Waals surface area (Å²) in [5.41, 5.74) is 7.92. The lowest BCUT2D eigenvalue weighted by Crippen LogP contribution is -1.61. The first-order valence-corrected chi connectivity index (χ1v) is 3.63. The first-order chi connectivity index (χ1) is 5.16. The zero-order valence-corrected chi connectivity index (χ0v) is 7.44. The third-order valence-electron chi connectivity index (χ3n) is 0.960. The van der Waals surface area contributed by atoms with Gasteiger partial charge in [0.05, 0.1) is 0 Å². The smallest absolute Gasteiger partial charge is 0.00488 e. The van der Waals surface area contributed by atoms with E-state index in [-0.39, 0.29) is 0 Å². The van der Waals surface area contributed by atoms with Gasteiger partial charge < -0.3 is 0 Å². The van der Waals surface area contributed by atoms with E-state index in [1.807, 2.05) is 39.0 Å². The maximum atomic E-state index is 3.79. The molecule has 0 saturated carbocycles. The van der Waals surface area contributed by atoms with Crippen LogP contribution in [0.25, 0.3) is 0 Å². The van der Waals surface area contributed by atoms with Crippen molar-refractivity contribution in [3.8, 4) is 0 Å². The second-order valence-corrected chi connectivity index (χ2v) is 2.49. The van der Waals surface area contributed by atoms with E-state index in [1.54, 1.807) is 0 Å². The number of allylic oxidation sites excluding steroid dienone is 5. The van der Waals surface area contributed by atoms with Gasteiger partial charge in [0, 0.05) is 0 Å². The van der Waals surface area contributed by atoms with E-state index in [0.29, 0.717) is 0 Å². The Hall–Kier alpha value is -1.22. The van der Waals surface area contributed by atoms with Crippen molar-refractivity contribution >= 4 is 0 Å². The molecule has 0 aromatic rings. The molecule has 0 heterocycles. The van der Waals surface area contributed by atoms with Crippen molar-refractivity contribution in [1.29, 1.82) is 0 Å². The molecule has 0 aliphatic heterocycles. The van der Waals surface area contributed by atoms with Gasteiger partial charge in [0.1, 0.15) is 0 Å². The summed E-state index contributed by atoms with van der Waals surface area (Å²) < 4.78 is 0. The number of hydrogen-bond acceptors (Lipinski definition) is 0. The topological polar surface area (TPSA) is 0 Å². The summed E-state index contributed by atoms with van der Waals surface area (Å²) in [6, 6.07) is 0. The van der Waals surface area contributed by atoms with Crippen LogP contribution in [0.4, 0.5) is 0 Å². The zero-order chi connectivity index (χ0) is 8.69. The molecule has 11 heavy (non-hydrogen) atoms. The van der Waals surface area contributed by atoms with Gasteiger partial charge in [0.15, 0.2) is 0 Å². The summed E-state index contributed by atoms with van der Waals surface area (Å²) in [6.07, 6.45) is 5.69. The lowest BCUT2D eigenvalue weighted by molar-refractivity contribution is 1.41. The minimum absolute atomic E-state index is 0.946. The molecular formula is C11H14. The van der Waals surface area contributed by atoms with E-state index < -0.39 is 0 Å². The van der Waals surface area contributed by atoms with Gasteiger partial charge in [-0.2, -0.15) is 0 Å². The van der Waals surface area contributed by atoms with Crippen LogP contribution in [0, 0.1) is 0 Å². The normalized spacial score (nSPS) is 8.64. The minimum atomic E-state index is 0.946. The maximum Gasteiger partial charge on any atom is -0.00488 e. The lowest BCUT2D eigenvalue weighted by Gasteiger charge is -1.80. The Kier molecular flexibility index (Phi) is 4.94. The summed E-state index contributed by atoms with van der Waals surface area (Å²) in [5.74, 6) is 0. The number of hydrogen-bond donors (Lipinski definition) is 0. The molecule has 0 N–H and O–H groups in total. The van der Waals surface area contributed by atoms with Gasteiger partial charge in [-0.05, 0) is 38.0 Å². The maximum absolute atomic E-state index is 3.79. The lowest BCUT2D eigenvalue weighted by atomic mass is 10.2. The van der Waals surface area contributed by atoms with Gasteiger partial charge in [-0.3, -0.25) is 0 Å². The van der Waals surface area contributed by atoms with Crippen LogP contribution in [-0.2, 0) is 0 Å². The molecule has 0 spiro atoms. The molecule has 58 valence electrons. The third kappa shape index (κ3) is 6.67. The average Bonchev–Trinajstić information content (AvgIpc) is 1.87. The fraction of sp³-hybridized carbons (Fsp3) is 0.273. The van der Waals surface area contributed by atoms with Crippen molar-refractivity contribution in [3.63, 3.8) is 0 Å². The molecule has 0 nitrogen and oxygen atoms in total. The van der Waals surface area contributed by atoms with Crippen LogP contribution in [0.1, 0.15) is 20.8 Å². The van der Waals surface area contributed by atoms with Crippen LogP contribution in [0.15, 0.2) is 47.4 Å². The molecule has 0 heteroatoms. The monoisotopic (exact) mass is 146 g/mol. The molecule has 0 radical (unpaired) electrons. The molecule has 0 saturated heterocycles. The van der Waals surface area contributed by atoms with Crippen molar-refractivity contribution < 1.29 is 0 Å². The Morgan fingerprint density at radius 2 is 2.00 bits per heavy atom. The summed E-state index contributed by atoms with van der Waals surface area (Å²) in [7, 11) is 0. The van der Waals surface area contributed by atoms with Crippen LogP contribution in [0.3, 0.4) is 0 Å². The standard InChI is InChI=1S/C11H14/c1-5-7-11(4)9-6-8-10(2)3/h5,7,9H,4H2,1-3H3. The van der Waals surface area contributed by atoms with Gasteiger partial charge >= 0.3 is 0 Å². The molecule has 0 fully saturated rings. The summed E-state index contributed by atoms with van der Waals surface area (Å²) >= 11 is 0. The highest BCUT2D eigenvalue weighted by Crippen LogP contribution is 1.92. The zero-order valence-electron chi connectivity index (χ0n) is 7.44. The largest absolute Gasteiger partial charge is 0.0911 e. The number of rotatable bonds is 2. The molecule has 0 amide bonds. The molecule has 0 bridgehead atoms. The summed E-state index contributed by atoms with van der Waals surface area (Å²) in [5, 5.41) is 0. The predicted octanol–water partition coefficient (Wildman–Crippen LogP) is 3.40. The Morgan fingerprint density at radius 3 is 2.45 bits per heavy atom. The van der Waals surface area contributed by atoms with Gasteiger partial charge in [-0.1, -0.05) is 30.2 Å². The van der Waals surface area contributed by atoms with Crippen molar-refractivity contribution in [3.05, 3.63) is 47.4 Å². The van der Waals surface area contributed by atoms with Crippen LogP contribution < -0.4 is 0 Å². The Morgan fingerprint density at radius 1 is 1.36 bits per heavy atom. The highest BCUT2D eigenvalue weighted by atomic mass is 13.8. The molecule has 0 rings (SSSR count). The third-order valence-corrected chi connectivity index (χ3v) is 0.960. The van der Waals surface area contributed by atoms with Crippen molar-refractivity contribution in [1.82, 2.24) is 0 Å². The van der Waals surface area contributed by atoms with E-state index in [4.69, 9.17) is 0 Å². The fourth-order valence-electron chi connectivity index (χ4n) is 0.535. The molecular weight excluding hydrogens is 132 g/mol. The SMILES string of the molecule is C=C(C=C=C=C(C)C)C=CC. The summed E-state index contributed by atoms with van der Waals surface area (Å²) in [4.78, 5) is 0. The minimum Gasteiger partial charge on any atom is -0.0911 e. The van der Waals surface area contributed by atoms with Gasteiger partial charge in [-0.15, -0.1) is 0 Å². The van der Waals surface area contributed by atoms with Crippen LogP contribution in [0.5, 0.6) is 0 Å².